The lowest BCUT2D eigenvalue weighted by Crippen LogP contribution is -2.13. The molecule has 0 radical (unpaired) electrons. The van der Waals surface area contributed by atoms with Gasteiger partial charge < -0.3 is 10.2 Å². The zero-order valence-electron chi connectivity index (χ0n) is 10.3. The lowest BCUT2D eigenvalue weighted by molar-refractivity contribution is 0.564. The number of furan rings is 1. The molecule has 0 saturated carbocycles. The molecule has 1 aromatic carbocycles. The summed E-state index contributed by atoms with van der Waals surface area (Å²) in [5.41, 5.74) is 11.9. The van der Waals surface area contributed by atoms with Gasteiger partial charge in [0.05, 0.1) is 12.3 Å². The van der Waals surface area contributed by atoms with E-state index in [0.29, 0.717) is 5.22 Å². The van der Waals surface area contributed by atoms with Crippen molar-refractivity contribution in [2.24, 2.45) is 5.73 Å². The first-order valence-electron chi connectivity index (χ1n) is 5.57. The first-order valence-corrected chi connectivity index (χ1v) is 5.94. The Bertz CT molecular complexity index is 545. The van der Waals surface area contributed by atoms with Gasteiger partial charge in [0.15, 0.2) is 5.22 Å². The Morgan fingerprint density at radius 3 is 2.29 bits per heavy atom. The quantitative estimate of drug-likeness (QED) is 0.877. The molecule has 2 nitrogen and oxygen atoms in total. The van der Waals surface area contributed by atoms with Crippen molar-refractivity contribution in [2.45, 2.75) is 26.8 Å². The van der Waals surface area contributed by atoms with E-state index < -0.39 is 0 Å². The van der Waals surface area contributed by atoms with Crippen LogP contribution in [0.5, 0.6) is 0 Å². The normalized spacial score (nSPS) is 12.8. The highest BCUT2D eigenvalue weighted by molar-refractivity contribution is 6.29. The van der Waals surface area contributed by atoms with E-state index in [9.17, 15) is 0 Å². The predicted molar refractivity (Wildman–Crippen MR) is 70.4 cm³/mol. The molecule has 17 heavy (non-hydrogen) atoms. The van der Waals surface area contributed by atoms with E-state index in [4.69, 9.17) is 21.8 Å². The Hall–Kier alpha value is -1.25. The minimum atomic E-state index is -0.236. The zero-order valence-corrected chi connectivity index (χ0v) is 11.0. The van der Waals surface area contributed by atoms with Crippen molar-refractivity contribution in [3.05, 3.63) is 57.5 Å². The highest BCUT2D eigenvalue weighted by atomic mass is 35.5. The van der Waals surface area contributed by atoms with E-state index >= 15 is 0 Å². The minimum absolute atomic E-state index is 0.236. The van der Waals surface area contributed by atoms with Crippen molar-refractivity contribution in [3.8, 4) is 0 Å². The van der Waals surface area contributed by atoms with Crippen molar-refractivity contribution in [2.75, 3.05) is 0 Å². The van der Waals surface area contributed by atoms with E-state index in [0.717, 1.165) is 11.1 Å². The van der Waals surface area contributed by atoms with Crippen LogP contribution in [0.1, 0.15) is 33.9 Å². The van der Waals surface area contributed by atoms with Gasteiger partial charge in [-0.2, -0.15) is 0 Å². The van der Waals surface area contributed by atoms with E-state index in [1.165, 1.54) is 16.7 Å². The summed E-state index contributed by atoms with van der Waals surface area (Å²) in [5, 5.41) is 0.370. The van der Waals surface area contributed by atoms with Crippen LogP contribution >= 0.6 is 11.6 Å². The third-order valence-corrected chi connectivity index (χ3v) is 3.51. The molecule has 2 N–H and O–H groups in total. The monoisotopic (exact) mass is 249 g/mol. The number of aryl methyl sites for hydroxylation is 3. The lowest BCUT2D eigenvalue weighted by atomic mass is 9.93. The molecule has 0 fully saturated rings. The molecule has 0 spiro atoms. The van der Waals surface area contributed by atoms with Crippen molar-refractivity contribution < 1.29 is 4.42 Å². The third kappa shape index (κ3) is 2.24. The largest absolute Gasteiger partial charge is 0.453 e. The first-order chi connectivity index (χ1) is 8.00. The second-order valence-electron chi connectivity index (χ2n) is 4.42. The van der Waals surface area contributed by atoms with Crippen LogP contribution in [0, 0.1) is 20.8 Å². The van der Waals surface area contributed by atoms with Crippen LogP contribution in [-0.4, -0.2) is 0 Å². The fraction of sp³-hybridized carbons (Fsp3) is 0.286. The second kappa shape index (κ2) is 4.55. The van der Waals surface area contributed by atoms with Crippen molar-refractivity contribution in [3.63, 3.8) is 0 Å². The average Bonchev–Trinajstić information content (AvgIpc) is 2.69. The maximum Gasteiger partial charge on any atom is 0.198 e. The fourth-order valence-corrected chi connectivity index (χ4v) is 2.24. The number of benzene rings is 1. The molecule has 0 aliphatic rings. The smallest absolute Gasteiger partial charge is 0.198 e. The summed E-state index contributed by atoms with van der Waals surface area (Å²) in [4.78, 5) is 0. The average molecular weight is 250 g/mol. The molecule has 1 unspecified atom stereocenters. The number of hydrogen-bond acceptors (Lipinski definition) is 2. The van der Waals surface area contributed by atoms with Crippen molar-refractivity contribution >= 4 is 11.6 Å². The molecule has 0 aliphatic carbocycles. The zero-order chi connectivity index (χ0) is 12.6. The Morgan fingerprint density at radius 2 is 1.71 bits per heavy atom. The highest BCUT2D eigenvalue weighted by Crippen LogP contribution is 2.30. The van der Waals surface area contributed by atoms with Crippen LogP contribution in [0.3, 0.4) is 0 Å². The molecular weight excluding hydrogens is 234 g/mol. The summed E-state index contributed by atoms with van der Waals surface area (Å²) in [6.45, 7) is 6.25. The molecule has 2 rings (SSSR count). The molecule has 1 atom stereocenters. The number of rotatable bonds is 2. The van der Waals surface area contributed by atoms with Crippen LogP contribution in [0.4, 0.5) is 0 Å². The van der Waals surface area contributed by atoms with Gasteiger partial charge >= 0.3 is 0 Å². The number of halogens is 1. The molecule has 0 bridgehead atoms. The molecule has 0 aliphatic heterocycles. The predicted octanol–water partition coefficient (Wildman–Crippen LogP) is 3.91. The summed E-state index contributed by atoms with van der Waals surface area (Å²) < 4.78 is 5.09. The van der Waals surface area contributed by atoms with E-state index in [1.54, 1.807) is 6.26 Å². The van der Waals surface area contributed by atoms with Crippen LogP contribution in [-0.2, 0) is 0 Å². The minimum Gasteiger partial charge on any atom is -0.453 e. The summed E-state index contributed by atoms with van der Waals surface area (Å²) in [7, 11) is 0. The van der Waals surface area contributed by atoms with Gasteiger partial charge in [-0.3, -0.25) is 0 Å². The summed E-state index contributed by atoms with van der Waals surface area (Å²) in [5.74, 6) is 0. The van der Waals surface area contributed by atoms with Gasteiger partial charge in [0.1, 0.15) is 0 Å². The summed E-state index contributed by atoms with van der Waals surface area (Å²) in [6, 6.07) is 5.86. The van der Waals surface area contributed by atoms with E-state index in [-0.39, 0.29) is 6.04 Å². The maximum atomic E-state index is 6.24. The Labute approximate surface area is 106 Å². The summed E-state index contributed by atoms with van der Waals surface area (Å²) in [6.07, 6.45) is 1.56. The fourth-order valence-electron chi connectivity index (χ4n) is 2.01. The van der Waals surface area contributed by atoms with E-state index in [2.05, 4.69) is 32.9 Å². The van der Waals surface area contributed by atoms with Crippen molar-refractivity contribution in [1.29, 1.82) is 0 Å². The van der Waals surface area contributed by atoms with Crippen LogP contribution in [0.15, 0.2) is 28.9 Å². The topological polar surface area (TPSA) is 39.2 Å². The maximum absolute atomic E-state index is 6.24. The summed E-state index contributed by atoms with van der Waals surface area (Å²) >= 11 is 5.96. The van der Waals surface area contributed by atoms with Gasteiger partial charge in [0.25, 0.3) is 0 Å². The molecule has 3 heteroatoms. The molecule has 0 amide bonds. The number of hydrogen-bond donors (Lipinski definition) is 1. The van der Waals surface area contributed by atoms with Gasteiger partial charge in [-0.05, 0) is 60.7 Å². The van der Waals surface area contributed by atoms with Crippen molar-refractivity contribution in [1.82, 2.24) is 0 Å². The van der Waals surface area contributed by atoms with Gasteiger partial charge in [-0.25, -0.2) is 0 Å². The Kier molecular flexibility index (Phi) is 3.27. The van der Waals surface area contributed by atoms with Gasteiger partial charge in [0, 0.05) is 5.56 Å². The SMILES string of the molecule is Cc1cc(C)c(C(N)c2ccoc2Cl)cc1C. The van der Waals surface area contributed by atoms with Gasteiger partial charge in [-0.15, -0.1) is 0 Å². The molecular formula is C14H16ClNO. The highest BCUT2D eigenvalue weighted by Gasteiger charge is 2.17. The van der Waals surface area contributed by atoms with E-state index in [1.807, 2.05) is 6.07 Å². The Balaban J connectivity index is 2.48. The lowest BCUT2D eigenvalue weighted by Gasteiger charge is -2.16. The molecule has 2 aromatic rings. The van der Waals surface area contributed by atoms with Crippen LogP contribution < -0.4 is 5.73 Å². The first kappa shape index (κ1) is 12.2. The standard InChI is InChI=1S/C14H16ClNO/c1-8-6-10(3)12(7-9(8)2)13(16)11-4-5-17-14(11)15/h4-7,13H,16H2,1-3H3. The van der Waals surface area contributed by atoms with Gasteiger partial charge in [0.2, 0.25) is 0 Å². The van der Waals surface area contributed by atoms with Crippen LogP contribution in [0.2, 0.25) is 5.22 Å². The second-order valence-corrected chi connectivity index (χ2v) is 4.76. The molecule has 0 saturated heterocycles. The van der Waals surface area contributed by atoms with Gasteiger partial charge in [-0.1, -0.05) is 12.1 Å². The molecule has 1 heterocycles. The third-order valence-electron chi connectivity index (χ3n) is 3.20. The number of nitrogens with two attached hydrogens (primary N) is 1. The Morgan fingerprint density at radius 1 is 1.06 bits per heavy atom. The van der Waals surface area contributed by atoms with Crippen LogP contribution in [0.25, 0.3) is 0 Å². The molecule has 1 aromatic heterocycles. The molecule has 90 valence electrons.